The van der Waals surface area contributed by atoms with Crippen molar-refractivity contribution in [3.8, 4) is 0 Å². The number of hydrogen-bond acceptors (Lipinski definition) is 4. The molecular weight excluding hydrogens is 316 g/mol. The molecule has 4 rings (SSSR count). The Morgan fingerprint density at radius 1 is 1.16 bits per heavy atom. The zero-order valence-electron chi connectivity index (χ0n) is 15.0. The standard InChI is InChI=1S/C19H26N4O2/c1-14(15-4-9-20-10-5-15)21-12-6-16(7-13-21)23-17(24)19(2)8-3-11-22(19)18(23)25/h4-5,9-10,14,16H,3,6-8,11-13H2,1-2H3/t14-,19+/m0/s1. The Bertz CT molecular complexity index is 671. The lowest BCUT2D eigenvalue weighted by atomic mass is 9.96. The summed E-state index contributed by atoms with van der Waals surface area (Å²) >= 11 is 0. The number of likely N-dealkylation sites (tertiary alicyclic amines) is 1. The molecule has 3 amide bonds. The van der Waals surface area contributed by atoms with Gasteiger partial charge in [0.1, 0.15) is 5.54 Å². The van der Waals surface area contributed by atoms with Crippen molar-refractivity contribution >= 4 is 11.9 Å². The van der Waals surface area contributed by atoms with Crippen LogP contribution in [-0.2, 0) is 4.79 Å². The molecule has 3 aliphatic heterocycles. The molecule has 1 aromatic rings. The number of carbonyl (C=O) groups excluding carboxylic acids is 2. The summed E-state index contributed by atoms with van der Waals surface area (Å²) in [7, 11) is 0. The maximum absolute atomic E-state index is 12.9. The van der Waals surface area contributed by atoms with Crippen LogP contribution < -0.4 is 0 Å². The molecule has 6 nitrogen and oxygen atoms in total. The number of aromatic nitrogens is 1. The van der Waals surface area contributed by atoms with E-state index in [1.165, 1.54) is 5.56 Å². The van der Waals surface area contributed by atoms with Crippen LogP contribution >= 0.6 is 0 Å². The molecule has 3 aliphatic rings. The van der Waals surface area contributed by atoms with Gasteiger partial charge < -0.3 is 4.90 Å². The number of piperidine rings is 1. The predicted octanol–water partition coefficient (Wildman–Crippen LogP) is 2.42. The number of nitrogens with zero attached hydrogens (tertiary/aromatic N) is 4. The minimum atomic E-state index is -0.585. The highest BCUT2D eigenvalue weighted by Gasteiger charge is 2.58. The van der Waals surface area contributed by atoms with Crippen LogP contribution in [0.4, 0.5) is 4.79 Å². The number of urea groups is 1. The third-order valence-corrected chi connectivity index (χ3v) is 6.36. The van der Waals surface area contributed by atoms with Gasteiger partial charge in [-0.1, -0.05) is 0 Å². The van der Waals surface area contributed by atoms with Crippen LogP contribution in [0.1, 0.15) is 51.1 Å². The summed E-state index contributed by atoms with van der Waals surface area (Å²) < 4.78 is 0. The van der Waals surface area contributed by atoms with Gasteiger partial charge in [0.05, 0.1) is 0 Å². The molecule has 2 atom stereocenters. The molecule has 3 saturated heterocycles. The van der Waals surface area contributed by atoms with Gasteiger partial charge in [-0.2, -0.15) is 0 Å². The van der Waals surface area contributed by atoms with Gasteiger partial charge in [-0.25, -0.2) is 4.79 Å². The second-order valence-electron chi connectivity index (χ2n) is 7.71. The first-order chi connectivity index (χ1) is 12.0. The molecule has 0 bridgehead atoms. The quantitative estimate of drug-likeness (QED) is 0.792. The van der Waals surface area contributed by atoms with Crippen molar-refractivity contribution in [3.05, 3.63) is 30.1 Å². The van der Waals surface area contributed by atoms with Gasteiger partial charge in [-0.3, -0.25) is 19.6 Å². The average Bonchev–Trinajstić information content (AvgIpc) is 3.12. The normalized spacial score (nSPS) is 29.4. The Balaban J connectivity index is 1.43. The highest BCUT2D eigenvalue weighted by Crippen LogP contribution is 2.39. The van der Waals surface area contributed by atoms with Crippen molar-refractivity contribution in [3.63, 3.8) is 0 Å². The fraction of sp³-hybridized carbons (Fsp3) is 0.632. The molecule has 25 heavy (non-hydrogen) atoms. The Kier molecular flexibility index (Phi) is 4.02. The lowest BCUT2D eigenvalue weighted by Crippen LogP contribution is -2.49. The summed E-state index contributed by atoms with van der Waals surface area (Å²) in [4.78, 5) is 35.5. The summed E-state index contributed by atoms with van der Waals surface area (Å²) in [5.74, 6) is 0.0237. The molecule has 4 heterocycles. The maximum Gasteiger partial charge on any atom is 0.327 e. The fourth-order valence-electron chi connectivity index (χ4n) is 4.67. The minimum absolute atomic E-state index is 0.0237. The predicted molar refractivity (Wildman–Crippen MR) is 93.8 cm³/mol. The second kappa shape index (κ2) is 6.09. The van der Waals surface area contributed by atoms with E-state index in [4.69, 9.17) is 0 Å². The van der Waals surface area contributed by atoms with Crippen molar-refractivity contribution in [1.82, 2.24) is 19.7 Å². The summed E-state index contributed by atoms with van der Waals surface area (Å²) in [6, 6.07) is 4.42. The number of fused-ring (bicyclic) bond motifs is 1. The van der Waals surface area contributed by atoms with Crippen LogP contribution in [0, 0.1) is 0 Å². The summed E-state index contributed by atoms with van der Waals surface area (Å²) in [6.45, 7) is 6.67. The van der Waals surface area contributed by atoms with Gasteiger partial charge in [0.25, 0.3) is 5.91 Å². The van der Waals surface area contributed by atoms with Crippen LogP contribution in [0.2, 0.25) is 0 Å². The van der Waals surface area contributed by atoms with Crippen molar-refractivity contribution < 1.29 is 9.59 Å². The minimum Gasteiger partial charge on any atom is -0.310 e. The first kappa shape index (κ1) is 16.5. The van der Waals surface area contributed by atoms with Crippen LogP contribution in [0.25, 0.3) is 0 Å². The topological polar surface area (TPSA) is 56.8 Å². The molecular formula is C19H26N4O2. The van der Waals surface area contributed by atoms with Gasteiger partial charge in [0.15, 0.2) is 0 Å². The zero-order chi connectivity index (χ0) is 17.6. The highest BCUT2D eigenvalue weighted by atomic mass is 16.2. The molecule has 134 valence electrons. The smallest absolute Gasteiger partial charge is 0.310 e. The van der Waals surface area contributed by atoms with Gasteiger partial charge in [0.2, 0.25) is 0 Å². The molecule has 1 aromatic heterocycles. The van der Waals surface area contributed by atoms with E-state index in [0.29, 0.717) is 6.04 Å². The third-order valence-electron chi connectivity index (χ3n) is 6.36. The molecule has 0 aromatic carbocycles. The van der Waals surface area contributed by atoms with E-state index in [0.717, 1.165) is 45.3 Å². The molecule has 0 radical (unpaired) electrons. The van der Waals surface area contributed by atoms with Crippen molar-refractivity contribution in [2.45, 2.75) is 57.2 Å². The van der Waals surface area contributed by atoms with E-state index in [9.17, 15) is 9.59 Å². The lowest BCUT2D eigenvalue weighted by molar-refractivity contribution is -0.134. The van der Waals surface area contributed by atoms with Crippen LogP contribution in [0.5, 0.6) is 0 Å². The number of amides is 3. The molecule has 0 saturated carbocycles. The van der Waals surface area contributed by atoms with Crippen LogP contribution in [0.15, 0.2) is 24.5 Å². The fourth-order valence-corrected chi connectivity index (χ4v) is 4.67. The number of hydrogen-bond donors (Lipinski definition) is 0. The van der Waals surface area contributed by atoms with Gasteiger partial charge in [0, 0.05) is 44.1 Å². The van der Waals surface area contributed by atoms with Crippen molar-refractivity contribution in [2.24, 2.45) is 0 Å². The number of imide groups is 1. The monoisotopic (exact) mass is 342 g/mol. The van der Waals surface area contributed by atoms with Crippen LogP contribution in [0.3, 0.4) is 0 Å². The molecule has 0 aliphatic carbocycles. The van der Waals surface area contributed by atoms with Crippen LogP contribution in [-0.4, -0.2) is 62.8 Å². The average molecular weight is 342 g/mol. The Morgan fingerprint density at radius 2 is 1.84 bits per heavy atom. The Morgan fingerprint density at radius 3 is 2.48 bits per heavy atom. The first-order valence-corrected chi connectivity index (χ1v) is 9.31. The summed E-state index contributed by atoms with van der Waals surface area (Å²) in [5.41, 5.74) is 0.674. The second-order valence-corrected chi connectivity index (χ2v) is 7.71. The largest absolute Gasteiger partial charge is 0.327 e. The SMILES string of the molecule is C[C@@H](c1ccncc1)N1CCC(N2C(=O)N3CCC[C@]3(C)C2=O)CC1. The summed E-state index contributed by atoms with van der Waals surface area (Å²) in [6.07, 6.45) is 7.10. The number of rotatable bonds is 3. The van der Waals surface area contributed by atoms with Gasteiger partial charge in [-0.05, 0) is 57.2 Å². The molecule has 0 spiro atoms. The molecule has 3 fully saturated rings. The van der Waals surface area contributed by atoms with Crippen molar-refractivity contribution in [1.29, 1.82) is 0 Å². The maximum atomic E-state index is 12.9. The summed E-state index contributed by atoms with van der Waals surface area (Å²) in [5, 5.41) is 0. The first-order valence-electron chi connectivity index (χ1n) is 9.31. The molecule has 6 heteroatoms. The van der Waals surface area contributed by atoms with E-state index < -0.39 is 5.54 Å². The Labute approximate surface area is 148 Å². The molecule has 0 unspecified atom stereocenters. The lowest BCUT2D eigenvalue weighted by Gasteiger charge is -2.38. The van der Waals surface area contributed by atoms with Gasteiger partial charge >= 0.3 is 6.03 Å². The third kappa shape index (κ3) is 2.54. The zero-order valence-corrected chi connectivity index (χ0v) is 15.0. The van der Waals surface area contributed by atoms with E-state index >= 15 is 0 Å². The number of carbonyl (C=O) groups is 2. The van der Waals surface area contributed by atoms with E-state index in [1.807, 2.05) is 19.3 Å². The van der Waals surface area contributed by atoms with E-state index in [2.05, 4.69) is 28.9 Å². The Hall–Kier alpha value is -1.95. The van der Waals surface area contributed by atoms with E-state index in [1.54, 1.807) is 9.80 Å². The molecule has 0 N–H and O–H groups in total. The van der Waals surface area contributed by atoms with Gasteiger partial charge in [-0.15, -0.1) is 0 Å². The van der Waals surface area contributed by atoms with E-state index in [-0.39, 0.29) is 18.0 Å². The van der Waals surface area contributed by atoms with Crippen molar-refractivity contribution in [2.75, 3.05) is 19.6 Å². The number of pyridine rings is 1. The highest BCUT2D eigenvalue weighted by molar-refractivity contribution is 6.07.